The first-order chi connectivity index (χ1) is 15.3. The lowest BCUT2D eigenvalue weighted by molar-refractivity contribution is -0.136. The minimum absolute atomic E-state index is 0.0253. The van der Waals surface area contributed by atoms with Gasteiger partial charge in [0, 0.05) is 24.7 Å². The molecular weight excluding hydrogens is 432 g/mol. The number of carbonyl (C=O) groups excluding carboxylic acids is 2. The van der Waals surface area contributed by atoms with Crippen LogP contribution in [0.4, 0.5) is 5.69 Å². The van der Waals surface area contributed by atoms with Gasteiger partial charge in [-0.25, -0.2) is 13.6 Å². The Balaban J connectivity index is 1.44. The van der Waals surface area contributed by atoms with E-state index in [1.54, 1.807) is 29.2 Å². The van der Waals surface area contributed by atoms with Crippen LogP contribution in [-0.2, 0) is 26.0 Å². The summed E-state index contributed by atoms with van der Waals surface area (Å²) < 4.78 is 28.1. The first-order valence-corrected chi connectivity index (χ1v) is 11.6. The largest absolute Gasteiger partial charge is 0.484 e. The van der Waals surface area contributed by atoms with Crippen LogP contribution in [0.5, 0.6) is 5.75 Å². The summed E-state index contributed by atoms with van der Waals surface area (Å²) in [5.74, 6) is -0.00831. The van der Waals surface area contributed by atoms with Gasteiger partial charge in [0.15, 0.2) is 6.61 Å². The van der Waals surface area contributed by atoms with Gasteiger partial charge in [0.25, 0.3) is 5.91 Å². The number of nitriles is 1. The fourth-order valence-corrected chi connectivity index (χ4v) is 3.91. The number of piperidine rings is 1. The van der Waals surface area contributed by atoms with Crippen LogP contribution < -0.4 is 15.2 Å². The Kier molecular flexibility index (Phi) is 7.45. The zero-order valence-electron chi connectivity index (χ0n) is 17.4. The molecule has 0 saturated carbocycles. The zero-order chi connectivity index (χ0) is 23.1. The molecule has 1 aliphatic rings. The Morgan fingerprint density at radius 2 is 1.72 bits per heavy atom. The Hall–Kier alpha value is -3.42. The van der Waals surface area contributed by atoms with Crippen molar-refractivity contribution >= 4 is 27.5 Å². The summed E-state index contributed by atoms with van der Waals surface area (Å²) in [5, 5.41) is 16.5. The van der Waals surface area contributed by atoms with Gasteiger partial charge in [-0.3, -0.25) is 9.59 Å². The first-order valence-electron chi connectivity index (χ1n) is 10.1. The third-order valence-corrected chi connectivity index (χ3v) is 6.17. The highest BCUT2D eigenvalue weighted by atomic mass is 32.2. The Bertz CT molecular complexity index is 1100. The molecule has 1 fully saturated rings. The lowest BCUT2D eigenvalue weighted by Crippen LogP contribution is -2.43. The number of hydrogen-bond donors (Lipinski definition) is 2. The number of ether oxygens (including phenoxy) is 1. The number of nitrogens with two attached hydrogens (primary N) is 1. The third-order valence-electron chi connectivity index (χ3n) is 5.24. The molecule has 2 aromatic rings. The molecule has 1 aliphatic heterocycles. The van der Waals surface area contributed by atoms with E-state index in [1.165, 1.54) is 24.3 Å². The van der Waals surface area contributed by atoms with Gasteiger partial charge in [-0.15, -0.1) is 0 Å². The molecule has 10 heteroatoms. The summed E-state index contributed by atoms with van der Waals surface area (Å²) in [6.07, 6.45) is 1.37. The number of benzene rings is 2. The molecule has 32 heavy (non-hydrogen) atoms. The highest BCUT2D eigenvalue weighted by Crippen LogP contribution is 2.21. The molecule has 0 unspecified atom stereocenters. The number of rotatable bonds is 7. The predicted molar refractivity (Wildman–Crippen MR) is 117 cm³/mol. The molecule has 1 heterocycles. The molecule has 9 nitrogen and oxygen atoms in total. The second-order valence-electron chi connectivity index (χ2n) is 7.48. The number of carbonyl (C=O) groups is 2. The van der Waals surface area contributed by atoms with Crippen LogP contribution in [0.3, 0.4) is 0 Å². The lowest BCUT2D eigenvalue weighted by Gasteiger charge is -2.31. The minimum atomic E-state index is -3.78. The van der Waals surface area contributed by atoms with Crippen molar-refractivity contribution in [3.05, 3.63) is 54.1 Å². The highest BCUT2D eigenvalue weighted by molar-refractivity contribution is 7.89. The summed E-state index contributed by atoms with van der Waals surface area (Å²) in [6, 6.07) is 14.7. The van der Waals surface area contributed by atoms with Crippen LogP contribution in [0.1, 0.15) is 18.4 Å². The summed E-state index contributed by atoms with van der Waals surface area (Å²) in [7, 11) is -3.78. The molecule has 0 spiro atoms. The standard InChI is InChI=1S/C22H24N4O5S/c23-12-9-16-1-5-19(6-2-16)31-15-21(27)26-13-10-17(11-14-26)22(28)25-18-3-7-20(8-4-18)32(24,29)30/h1-8,17H,9-11,13-15H2,(H,25,28)(H2,24,29,30). The van der Waals surface area contributed by atoms with Crippen molar-refractivity contribution in [1.82, 2.24) is 4.90 Å². The van der Waals surface area contributed by atoms with E-state index in [2.05, 4.69) is 11.4 Å². The average molecular weight is 457 g/mol. The Labute approximate surface area is 186 Å². The van der Waals surface area contributed by atoms with Gasteiger partial charge in [0.2, 0.25) is 15.9 Å². The van der Waals surface area contributed by atoms with Crippen LogP contribution >= 0.6 is 0 Å². The number of nitrogens with one attached hydrogen (secondary N) is 1. The Morgan fingerprint density at radius 1 is 1.09 bits per heavy atom. The number of anilines is 1. The van der Waals surface area contributed by atoms with Crippen LogP contribution in [0.15, 0.2) is 53.4 Å². The fraction of sp³-hybridized carbons (Fsp3) is 0.318. The summed E-state index contributed by atoms with van der Waals surface area (Å²) in [4.78, 5) is 26.6. The lowest BCUT2D eigenvalue weighted by atomic mass is 9.95. The number of likely N-dealkylation sites (tertiary alicyclic amines) is 1. The van der Waals surface area contributed by atoms with Crippen molar-refractivity contribution in [2.75, 3.05) is 25.0 Å². The van der Waals surface area contributed by atoms with Crippen LogP contribution in [0, 0.1) is 17.2 Å². The van der Waals surface area contributed by atoms with Crippen LogP contribution in [0.25, 0.3) is 0 Å². The van der Waals surface area contributed by atoms with E-state index >= 15 is 0 Å². The van der Waals surface area contributed by atoms with Gasteiger partial charge in [0.05, 0.1) is 17.4 Å². The van der Waals surface area contributed by atoms with Gasteiger partial charge in [-0.1, -0.05) is 12.1 Å². The smallest absolute Gasteiger partial charge is 0.260 e. The summed E-state index contributed by atoms with van der Waals surface area (Å²) >= 11 is 0. The molecule has 0 bridgehead atoms. The Morgan fingerprint density at radius 3 is 2.28 bits per heavy atom. The average Bonchev–Trinajstić information content (AvgIpc) is 2.78. The second kappa shape index (κ2) is 10.3. The quantitative estimate of drug-likeness (QED) is 0.649. The maximum Gasteiger partial charge on any atom is 0.260 e. The van der Waals surface area contributed by atoms with E-state index in [1.807, 2.05) is 0 Å². The van der Waals surface area contributed by atoms with Crippen LogP contribution in [-0.4, -0.2) is 44.8 Å². The van der Waals surface area contributed by atoms with Crippen molar-refractivity contribution in [2.24, 2.45) is 11.1 Å². The van der Waals surface area contributed by atoms with E-state index in [9.17, 15) is 18.0 Å². The van der Waals surface area contributed by atoms with Crippen molar-refractivity contribution < 1.29 is 22.7 Å². The molecule has 2 aromatic carbocycles. The molecule has 0 atom stereocenters. The zero-order valence-corrected chi connectivity index (χ0v) is 18.2. The number of primary sulfonamides is 1. The molecular formula is C22H24N4O5S. The van der Waals surface area contributed by atoms with E-state index in [0.29, 0.717) is 43.8 Å². The number of amides is 2. The minimum Gasteiger partial charge on any atom is -0.484 e. The molecule has 0 aromatic heterocycles. The van der Waals surface area contributed by atoms with E-state index < -0.39 is 10.0 Å². The highest BCUT2D eigenvalue weighted by Gasteiger charge is 2.27. The maximum atomic E-state index is 12.5. The van der Waals surface area contributed by atoms with E-state index in [0.717, 1.165) is 5.56 Å². The molecule has 0 aliphatic carbocycles. The van der Waals surface area contributed by atoms with Crippen molar-refractivity contribution in [3.8, 4) is 11.8 Å². The van der Waals surface area contributed by atoms with Gasteiger partial charge < -0.3 is 15.0 Å². The van der Waals surface area contributed by atoms with Crippen LogP contribution in [0.2, 0.25) is 0 Å². The number of nitrogens with zero attached hydrogens (tertiary/aromatic N) is 2. The number of sulfonamides is 1. The van der Waals surface area contributed by atoms with Gasteiger partial charge in [-0.2, -0.15) is 5.26 Å². The SMILES string of the molecule is N#CCc1ccc(OCC(=O)N2CCC(C(=O)Nc3ccc(S(N)(=O)=O)cc3)CC2)cc1. The molecule has 0 radical (unpaired) electrons. The summed E-state index contributed by atoms with van der Waals surface area (Å²) in [6.45, 7) is 0.808. The first kappa shape index (κ1) is 23.2. The number of hydrogen-bond acceptors (Lipinski definition) is 6. The molecule has 168 valence electrons. The second-order valence-corrected chi connectivity index (χ2v) is 9.04. The molecule has 3 N–H and O–H groups in total. The predicted octanol–water partition coefficient (Wildman–Crippen LogP) is 1.66. The van der Waals surface area contributed by atoms with E-state index in [4.69, 9.17) is 15.1 Å². The third kappa shape index (κ3) is 6.29. The van der Waals surface area contributed by atoms with Gasteiger partial charge in [0.1, 0.15) is 5.75 Å². The molecule has 3 rings (SSSR count). The molecule has 1 saturated heterocycles. The molecule has 2 amide bonds. The van der Waals surface area contributed by atoms with Crippen molar-refractivity contribution in [3.63, 3.8) is 0 Å². The van der Waals surface area contributed by atoms with Crippen molar-refractivity contribution in [1.29, 1.82) is 5.26 Å². The van der Waals surface area contributed by atoms with Crippen molar-refractivity contribution in [2.45, 2.75) is 24.2 Å². The van der Waals surface area contributed by atoms with E-state index in [-0.39, 0.29) is 29.2 Å². The van der Waals surface area contributed by atoms with Gasteiger partial charge >= 0.3 is 0 Å². The normalized spacial score (nSPS) is 14.4. The van der Waals surface area contributed by atoms with Gasteiger partial charge in [-0.05, 0) is 54.8 Å². The summed E-state index contributed by atoms with van der Waals surface area (Å²) in [5.41, 5.74) is 1.36. The maximum absolute atomic E-state index is 12.5. The monoisotopic (exact) mass is 456 g/mol. The fourth-order valence-electron chi connectivity index (χ4n) is 3.39. The topological polar surface area (TPSA) is 143 Å².